The van der Waals surface area contributed by atoms with Crippen molar-refractivity contribution in [3.05, 3.63) is 71.3 Å². The van der Waals surface area contributed by atoms with Gasteiger partial charge < -0.3 is 0 Å². The number of nitrogens with two attached hydrogens (primary N) is 1. The first kappa shape index (κ1) is 13.0. The molecule has 100 valence electrons. The van der Waals surface area contributed by atoms with Gasteiger partial charge in [-0.1, -0.05) is 35.9 Å². The SMILES string of the molecule is NNC(c1ccc(Cl)nc1)c1cccc2cnccc12. The maximum absolute atomic E-state index is 5.83. The number of fused-ring (bicyclic) bond motifs is 1. The van der Waals surface area contributed by atoms with E-state index >= 15 is 0 Å². The standard InChI is InChI=1S/C15H13ClN4/c16-14-5-4-11(9-19-14)15(20-17)13-3-1-2-10-8-18-7-6-12(10)13/h1-9,15,20H,17H2. The van der Waals surface area contributed by atoms with Crippen molar-refractivity contribution in [1.82, 2.24) is 15.4 Å². The van der Waals surface area contributed by atoms with Crippen molar-refractivity contribution in [2.24, 2.45) is 5.84 Å². The van der Waals surface area contributed by atoms with Crippen LogP contribution in [0, 0.1) is 0 Å². The van der Waals surface area contributed by atoms with Gasteiger partial charge in [0.15, 0.2) is 0 Å². The van der Waals surface area contributed by atoms with Gasteiger partial charge in [0.2, 0.25) is 0 Å². The molecule has 0 aliphatic rings. The Bertz CT molecular complexity index is 722. The third kappa shape index (κ3) is 2.36. The van der Waals surface area contributed by atoms with Crippen LogP contribution in [-0.2, 0) is 0 Å². The molecular weight excluding hydrogens is 272 g/mol. The van der Waals surface area contributed by atoms with Crippen LogP contribution in [0.25, 0.3) is 10.8 Å². The molecule has 20 heavy (non-hydrogen) atoms. The molecule has 1 atom stereocenters. The van der Waals surface area contributed by atoms with Crippen molar-refractivity contribution in [1.29, 1.82) is 0 Å². The van der Waals surface area contributed by atoms with Crippen LogP contribution < -0.4 is 11.3 Å². The number of nitrogens with one attached hydrogen (secondary N) is 1. The summed E-state index contributed by atoms with van der Waals surface area (Å²) < 4.78 is 0. The van der Waals surface area contributed by atoms with Gasteiger partial charge in [-0.3, -0.25) is 10.8 Å². The molecule has 0 saturated carbocycles. The fourth-order valence-corrected chi connectivity index (χ4v) is 2.43. The Labute approximate surface area is 121 Å². The van der Waals surface area contributed by atoms with E-state index in [4.69, 9.17) is 17.4 Å². The monoisotopic (exact) mass is 284 g/mol. The number of benzene rings is 1. The van der Waals surface area contributed by atoms with Crippen LogP contribution >= 0.6 is 11.6 Å². The number of hydrogen-bond donors (Lipinski definition) is 2. The van der Waals surface area contributed by atoms with Crippen LogP contribution in [0.2, 0.25) is 5.15 Å². The van der Waals surface area contributed by atoms with E-state index < -0.39 is 0 Å². The predicted molar refractivity (Wildman–Crippen MR) is 80.2 cm³/mol. The van der Waals surface area contributed by atoms with Crippen LogP contribution in [0.3, 0.4) is 0 Å². The minimum atomic E-state index is -0.147. The van der Waals surface area contributed by atoms with E-state index in [-0.39, 0.29) is 6.04 Å². The molecule has 1 aromatic carbocycles. The van der Waals surface area contributed by atoms with Crippen molar-refractivity contribution >= 4 is 22.4 Å². The van der Waals surface area contributed by atoms with E-state index in [0.717, 1.165) is 21.9 Å². The largest absolute Gasteiger partial charge is 0.271 e. The molecular formula is C15H13ClN4. The molecule has 3 rings (SSSR count). The summed E-state index contributed by atoms with van der Waals surface area (Å²) in [7, 11) is 0. The Kier molecular flexibility index (Phi) is 3.60. The zero-order valence-corrected chi connectivity index (χ0v) is 11.4. The first-order valence-electron chi connectivity index (χ1n) is 6.20. The highest BCUT2D eigenvalue weighted by Gasteiger charge is 2.15. The predicted octanol–water partition coefficient (Wildman–Crippen LogP) is 2.84. The highest BCUT2D eigenvalue weighted by atomic mass is 35.5. The fraction of sp³-hybridized carbons (Fsp3) is 0.0667. The zero-order chi connectivity index (χ0) is 13.9. The molecule has 0 aliphatic carbocycles. The molecule has 1 unspecified atom stereocenters. The van der Waals surface area contributed by atoms with E-state index in [2.05, 4.69) is 15.4 Å². The molecule has 4 nitrogen and oxygen atoms in total. The molecule has 2 aromatic heterocycles. The molecule has 2 heterocycles. The van der Waals surface area contributed by atoms with Gasteiger partial charge in [0.25, 0.3) is 0 Å². The molecule has 3 aromatic rings. The number of hydrazine groups is 1. The Morgan fingerprint density at radius 1 is 1.10 bits per heavy atom. The number of aromatic nitrogens is 2. The lowest BCUT2D eigenvalue weighted by Crippen LogP contribution is -2.29. The third-order valence-corrected chi connectivity index (χ3v) is 3.50. The van der Waals surface area contributed by atoms with Crippen LogP contribution in [0.5, 0.6) is 0 Å². The summed E-state index contributed by atoms with van der Waals surface area (Å²) in [5, 5.41) is 2.65. The Balaban J connectivity index is 2.14. The highest BCUT2D eigenvalue weighted by Crippen LogP contribution is 2.28. The minimum absolute atomic E-state index is 0.147. The van der Waals surface area contributed by atoms with E-state index in [1.807, 2.05) is 36.5 Å². The molecule has 0 bridgehead atoms. The molecule has 0 amide bonds. The van der Waals surface area contributed by atoms with E-state index in [1.54, 1.807) is 18.5 Å². The third-order valence-electron chi connectivity index (χ3n) is 3.28. The molecule has 0 radical (unpaired) electrons. The average molecular weight is 285 g/mol. The van der Waals surface area contributed by atoms with Crippen LogP contribution in [0.4, 0.5) is 0 Å². The summed E-state index contributed by atoms with van der Waals surface area (Å²) in [5.41, 5.74) is 4.88. The van der Waals surface area contributed by atoms with Gasteiger partial charge in [-0.05, 0) is 28.6 Å². The van der Waals surface area contributed by atoms with Gasteiger partial charge in [-0.15, -0.1) is 0 Å². The van der Waals surface area contributed by atoms with Gasteiger partial charge in [-0.25, -0.2) is 10.4 Å². The second-order valence-corrected chi connectivity index (χ2v) is 4.85. The number of nitrogens with zero attached hydrogens (tertiary/aromatic N) is 2. The number of halogens is 1. The lowest BCUT2D eigenvalue weighted by atomic mass is 9.96. The van der Waals surface area contributed by atoms with Crippen LogP contribution in [0.15, 0.2) is 55.0 Å². The second-order valence-electron chi connectivity index (χ2n) is 4.46. The minimum Gasteiger partial charge on any atom is -0.271 e. The van der Waals surface area contributed by atoms with E-state index in [0.29, 0.717) is 5.15 Å². The number of pyridine rings is 2. The van der Waals surface area contributed by atoms with Crippen LogP contribution in [0.1, 0.15) is 17.2 Å². The Morgan fingerprint density at radius 2 is 2.00 bits per heavy atom. The van der Waals surface area contributed by atoms with Crippen molar-refractivity contribution < 1.29 is 0 Å². The van der Waals surface area contributed by atoms with Crippen molar-refractivity contribution in [2.75, 3.05) is 0 Å². The topological polar surface area (TPSA) is 63.8 Å². The maximum atomic E-state index is 5.83. The van der Waals surface area contributed by atoms with Gasteiger partial charge in [-0.2, -0.15) is 0 Å². The second kappa shape index (κ2) is 5.54. The summed E-state index contributed by atoms with van der Waals surface area (Å²) in [6.45, 7) is 0. The van der Waals surface area contributed by atoms with E-state index in [1.165, 1.54) is 0 Å². The van der Waals surface area contributed by atoms with E-state index in [9.17, 15) is 0 Å². The van der Waals surface area contributed by atoms with Gasteiger partial charge in [0, 0.05) is 24.0 Å². The normalized spacial score (nSPS) is 12.5. The maximum Gasteiger partial charge on any atom is 0.129 e. The molecule has 3 N–H and O–H groups in total. The molecule has 0 spiro atoms. The molecule has 5 heteroatoms. The van der Waals surface area contributed by atoms with Crippen LogP contribution in [-0.4, -0.2) is 9.97 Å². The first-order chi connectivity index (χ1) is 9.79. The Hall–Kier alpha value is -2.01. The quantitative estimate of drug-likeness (QED) is 0.441. The zero-order valence-electron chi connectivity index (χ0n) is 10.6. The smallest absolute Gasteiger partial charge is 0.129 e. The van der Waals surface area contributed by atoms with Crippen molar-refractivity contribution in [2.45, 2.75) is 6.04 Å². The fourth-order valence-electron chi connectivity index (χ4n) is 2.32. The summed E-state index contributed by atoms with van der Waals surface area (Å²) >= 11 is 5.83. The number of hydrogen-bond acceptors (Lipinski definition) is 4. The molecule has 0 aliphatic heterocycles. The molecule has 0 saturated heterocycles. The van der Waals surface area contributed by atoms with Crippen molar-refractivity contribution in [3.8, 4) is 0 Å². The first-order valence-corrected chi connectivity index (χ1v) is 6.57. The lowest BCUT2D eigenvalue weighted by molar-refractivity contribution is 0.638. The summed E-state index contributed by atoms with van der Waals surface area (Å²) in [4.78, 5) is 8.25. The summed E-state index contributed by atoms with van der Waals surface area (Å²) in [5.74, 6) is 5.74. The average Bonchev–Trinajstić information content (AvgIpc) is 2.50. The summed E-state index contributed by atoms with van der Waals surface area (Å²) in [6, 6.07) is 11.6. The Morgan fingerprint density at radius 3 is 2.75 bits per heavy atom. The number of rotatable bonds is 3. The van der Waals surface area contributed by atoms with Gasteiger partial charge in [0.1, 0.15) is 5.15 Å². The lowest BCUT2D eigenvalue weighted by Gasteiger charge is -2.18. The van der Waals surface area contributed by atoms with Gasteiger partial charge in [0.05, 0.1) is 6.04 Å². The van der Waals surface area contributed by atoms with Gasteiger partial charge >= 0.3 is 0 Å². The summed E-state index contributed by atoms with van der Waals surface area (Å²) in [6.07, 6.45) is 5.35. The highest BCUT2D eigenvalue weighted by molar-refractivity contribution is 6.29. The van der Waals surface area contributed by atoms with Crippen molar-refractivity contribution in [3.63, 3.8) is 0 Å². The molecule has 0 fully saturated rings.